The molecule has 5 heteroatoms. The summed E-state index contributed by atoms with van der Waals surface area (Å²) in [5.74, 6) is -0.0252. The number of amidine groups is 1. The van der Waals surface area contributed by atoms with Crippen LogP contribution in [0.25, 0.3) is 0 Å². The summed E-state index contributed by atoms with van der Waals surface area (Å²) < 4.78 is 0. The molecule has 0 spiro atoms. The van der Waals surface area contributed by atoms with Crippen molar-refractivity contribution >= 4 is 11.9 Å². The summed E-state index contributed by atoms with van der Waals surface area (Å²) in [6, 6.07) is -0.101. The van der Waals surface area contributed by atoms with Crippen molar-refractivity contribution in [1.29, 1.82) is 5.41 Å². The van der Waals surface area contributed by atoms with Crippen molar-refractivity contribution in [3.8, 4) is 0 Å². The third-order valence-electron chi connectivity index (χ3n) is 1.52. The van der Waals surface area contributed by atoms with Crippen LogP contribution in [0.5, 0.6) is 0 Å². The molecule has 0 aromatic rings. The molecular weight excluding hydrogens is 168 g/mol. The van der Waals surface area contributed by atoms with Gasteiger partial charge in [0.15, 0.2) is 0 Å². The topological polar surface area (TPSA) is 91.0 Å². The van der Waals surface area contributed by atoms with Crippen LogP contribution in [0.2, 0.25) is 0 Å². The molecule has 2 amide bonds. The maximum Gasteiger partial charge on any atom is 0.315 e. The van der Waals surface area contributed by atoms with Gasteiger partial charge in [-0.25, -0.2) is 4.79 Å². The molecule has 0 heterocycles. The molecule has 0 saturated heterocycles. The van der Waals surface area contributed by atoms with Crippen LogP contribution in [0.4, 0.5) is 4.79 Å². The first kappa shape index (κ1) is 11.7. The zero-order valence-corrected chi connectivity index (χ0v) is 8.35. The van der Waals surface area contributed by atoms with Crippen LogP contribution in [0.1, 0.15) is 20.8 Å². The van der Waals surface area contributed by atoms with Gasteiger partial charge in [0.2, 0.25) is 0 Å². The van der Waals surface area contributed by atoms with Crippen molar-refractivity contribution in [3.63, 3.8) is 0 Å². The molecule has 13 heavy (non-hydrogen) atoms. The highest BCUT2D eigenvalue weighted by Gasteiger charge is 2.07. The predicted octanol–water partition coefficient (Wildman–Crippen LogP) is 0.266. The Balaban J connectivity index is 3.64. The second-order valence-electron chi connectivity index (χ2n) is 3.37. The maximum absolute atomic E-state index is 11.0. The molecule has 5 N–H and O–H groups in total. The number of amides is 2. The molecule has 76 valence electrons. The molecule has 0 saturated carbocycles. The Hall–Kier alpha value is -1.26. The third kappa shape index (κ3) is 5.95. The van der Waals surface area contributed by atoms with Gasteiger partial charge in [0.1, 0.15) is 0 Å². The summed E-state index contributed by atoms with van der Waals surface area (Å²) in [4.78, 5) is 11.0. The lowest BCUT2D eigenvalue weighted by Gasteiger charge is -2.13. The van der Waals surface area contributed by atoms with Gasteiger partial charge in [0, 0.05) is 18.5 Å². The molecule has 0 fully saturated rings. The average molecular weight is 186 g/mol. The van der Waals surface area contributed by atoms with E-state index >= 15 is 0 Å². The second kappa shape index (κ2) is 5.40. The van der Waals surface area contributed by atoms with E-state index in [1.54, 1.807) is 6.92 Å². The van der Waals surface area contributed by atoms with Gasteiger partial charge in [-0.05, 0) is 13.8 Å². The average Bonchev–Trinajstić information content (AvgIpc) is 1.98. The largest absolute Gasteiger partial charge is 0.387 e. The summed E-state index contributed by atoms with van der Waals surface area (Å²) in [6.45, 7) is 5.95. The van der Waals surface area contributed by atoms with Crippen molar-refractivity contribution in [2.45, 2.75) is 26.8 Å². The van der Waals surface area contributed by atoms with E-state index < -0.39 is 0 Å². The van der Waals surface area contributed by atoms with Gasteiger partial charge in [-0.2, -0.15) is 0 Å². The Labute approximate surface area is 78.6 Å². The number of nitrogens with one attached hydrogen (secondary N) is 3. The first-order valence-electron chi connectivity index (χ1n) is 4.31. The lowest BCUT2D eigenvalue weighted by Crippen LogP contribution is -2.42. The Kier molecular flexibility index (Phi) is 4.87. The number of carbonyl (C=O) groups excluding carboxylic acids is 1. The van der Waals surface area contributed by atoms with Crippen LogP contribution in [-0.4, -0.2) is 24.5 Å². The van der Waals surface area contributed by atoms with Crippen molar-refractivity contribution in [2.24, 2.45) is 11.7 Å². The highest BCUT2D eigenvalue weighted by Crippen LogP contribution is 1.89. The van der Waals surface area contributed by atoms with E-state index in [4.69, 9.17) is 11.1 Å². The quantitative estimate of drug-likeness (QED) is 0.375. The summed E-state index contributed by atoms with van der Waals surface area (Å²) in [7, 11) is 0. The van der Waals surface area contributed by atoms with E-state index in [-0.39, 0.29) is 23.8 Å². The zero-order chi connectivity index (χ0) is 10.4. The van der Waals surface area contributed by atoms with E-state index in [1.807, 2.05) is 13.8 Å². The minimum absolute atomic E-state index is 0.0878. The smallest absolute Gasteiger partial charge is 0.315 e. The molecular formula is C8H18N4O. The van der Waals surface area contributed by atoms with Gasteiger partial charge in [-0.3, -0.25) is 5.41 Å². The molecule has 0 aromatic heterocycles. The molecule has 1 atom stereocenters. The van der Waals surface area contributed by atoms with Gasteiger partial charge in [-0.15, -0.1) is 0 Å². The van der Waals surface area contributed by atoms with Crippen LogP contribution >= 0.6 is 0 Å². The first-order chi connectivity index (χ1) is 5.93. The zero-order valence-electron chi connectivity index (χ0n) is 8.35. The van der Waals surface area contributed by atoms with Crippen LogP contribution in [0.3, 0.4) is 0 Å². The number of carbonyl (C=O) groups is 1. The minimum Gasteiger partial charge on any atom is -0.387 e. The van der Waals surface area contributed by atoms with E-state index in [9.17, 15) is 4.79 Å². The van der Waals surface area contributed by atoms with Crippen molar-refractivity contribution in [1.82, 2.24) is 10.6 Å². The maximum atomic E-state index is 11.0. The molecule has 0 aliphatic rings. The van der Waals surface area contributed by atoms with Gasteiger partial charge in [-0.1, -0.05) is 6.92 Å². The fourth-order valence-electron chi connectivity index (χ4n) is 0.669. The van der Waals surface area contributed by atoms with Crippen molar-refractivity contribution < 1.29 is 4.79 Å². The molecule has 1 unspecified atom stereocenters. The van der Waals surface area contributed by atoms with Crippen LogP contribution < -0.4 is 16.4 Å². The molecule has 0 aliphatic carbocycles. The molecule has 5 nitrogen and oxygen atoms in total. The Morgan fingerprint density at radius 1 is 1.46 bits per heavy atom. The fourth-order valence-corrected chi connectivity index (χ4v) is 0.669. The normalized spacial score (nSPS) is 12.3. The van der Waals surface area contributed by atoms with Gasteiger partial charge >= 0.3 is 6.03 Å². The number of hydrogen-bond acceptors (Lipinski definition) is 2. The summed E-state index contributed by atoms with van der Waals surface area (Å²) in [5, 5.41) is 12.4. The molecule has 0 bridgehead atoms. The van der Waals surface area contributed by atoms with Crippen LogP contribution in [0, 0.1) is 11.3 Å². The van der Waals surface area contributed by atoms with Gasteiger partial charge in [0.05, 0.1) is 5.84 Å². The summed E-state index contributed by atoms with van der Waals surface area (Å²) >= 11 is 0. The Bertz CT molecular complexity index is 191. The van der Waals surface area contributed by atoms with Gasteiger partial charge < -0.3 is 16.4 Å². The monoisotopic (exact) mass is 186 g/mol. The molecule has 0 rings (SSSR count). The fraction of sp³-hybridized carbons (Fsp3) is 0.750. The number of hydrogen-bond donors (Lipinski definition) is 4. The highest BCUT2D eigenvalue weighted by molar-refractivity contribution is 5.80. The number of urea groups is 1. The first-order valence-corrected chi connectivity index (χ1v) is 4.31. The van der Waals surface area contributed by atoms with E-state index in [0.29, 0.717) is 6.54 Å². The minimum atomic E-state index is -0.219. The van der Waals surface area contributed by atoms with Gasteiger partial charge in [0.25, 0.3) is 0 Å². The molecule has 0 radical (unpaired) electrons. The lowest BCUT2D eigenvalue weighted by molar-refractivity contribution is 0.238. The highest BCUT2D eigenvalue weighted by atomic mass is 16.2. The number of rotatable bonds is 4. The van der Waals surface area contributed by atoms with Crippen LogP contribution in [-0.2, 0) is 0 Å². The van der Waals surface area contributed by atoms with Crippen molar-refractivity contribution in [3.05, 3.63) is 0 Å². The number of nitrogens with two attached hydrogens (primary N) is 1. The van der Waals surface area contributed by atoms with Crippen LogP contribution in [0.15, 0.2) is 0 Å². The SMILES string of the molecule is CC(C)NC(=O)NCC(C)C(=N)N. The summed E-state index contributed by atoms with van der Waals surface area (Å²) in [5.41, 5.74) is 5.24. The lowest BCUT2D eigenvalue weighted by atomic mass is 10.1. The Morgan fingerprint density at radius 3 is 2.38 bits per heavy atom. The Morgan fingerprint density at radius 2 is 2.00 bits per heavy atom. The van der Waals surface area contributed by atoms with E-state index in [2.05, 4.69) is 10.6 Å². The predicted molar refractivity (Wildman–Crippen MR) is 52.7 cm³/mol. The van der Waals surface area contributed by atoms with Crippen molar-refractivity contribution in [2.75, 3.05) is 6.54 Å². The molecule has 0 aliphatic heterocycles. The van der Waals surface area contributed by atoms with E-state index in [0.717, 1.165) is 0 Å². The third-order valence-corrected chi connectivity index (χ3v) is 1.52. The van der Waals surface area contributed by atoms with E-state index in [1.165, 1.54) is 0 Å². The summed E-state index contributed by atoms with van der Waals surface area (Å²) in [6.07, 6.45) is 0. The standard InChI is InChI=1S/C8H18N4O/c1-5(2)12-8(13)11-4-6(3)7(9)10/h5-6H,4H2,1-3H3,(H3,9,10)(H2,11,12,13). The second-order valence-corrected chi connectivity index (χ2v) is 3.37. The molecule has 0 aromatic carbocycles.